The summed E-state index contributed by atoms with van der Waals surface area (Å²) in [5.41, 5.74) is -0.886. The van der Waals surface area contributed by atoms with Crippen molar-refractivity contribution in [2.24, 2.45) is 0 Å². The Labute approximate surface area is 98.0 Å². The summed E-state index contributed by atoms with van der Waals surface area (Å²) in [7, 11) is -2.04. The molecule has 2 rings (SSSR count). The number of carbonyl (C=O) groups excluding carboxylic acids is 1. The number of β-lactam (4-membered cyclic amide) rings is 1. The molecule has 2 heterocycles. The van der Waals surface area contributed by atoms with Crippen LogP contribution < -0.4 is 0 Å². The van der Waals surface area contributed by atoms with Gasteiger partial charge in [-0.05, 0) is 12.8 Å². The molecule has 0 aromatic rings. The SMILES string of the molecule is O=C1CC2(CCS(=O)(=O)CC2)N1S(=O)(=O)Cl. The van der Waals surface area contributed by atoms with Crippen molar-refractivity contribution >= 4 is 35.7 Å². The van der Waals surface area contributed by atoms with Gasteiger partial charge in [-0.25, -0.2) is 12.7 Å². The first-order valence-corrected chi connectivity index (χ1v) is 8.73. The highest BCUT2D eigenvalue weighted by molar-refractivity contribution is 8.12. The zero-order valence-electron chi connectivity index (χ0n) is 8.22. The Balaban J connectivity index is 2.27. The Morgan fingerprint density at radius 1 is 1.25 bits per heavy atom. The summed E-state index contributed by atoms with van der Waals surface area (Å²) < 4.78 is 45.5. The molecule has 6 nitrogen and oxygen atoms in total. The molecule has 0 atom stereocenters. The summed E-state index contributed by atoms with van der Waals surface area (Å²) in [6.45, 7) is 0. The minimum absolute atomic E-state index is 0.0640. The molecule has 2 aliphatic heterocycles. The number of hydrogen-bond donors (Lipinski definition) is 0. The summed E-state index contributed by atoms with van der Waals surface area (Å²) in [6.07, 6.45) is 0.356. The summed E-state index contributed by atoms with van der Waals surface area (Å²) >= 11 is 0. The number of sulfone groups is 1. The van der Waals surface area contributed by atoms with Gasteiger partial charge in [0, 0.05) is 10.7 Å². The van der Waals surface area contributed by atoms with E-state index in [1.54, 1.807) is 0 Å². The maximum atomic E-state index is 11.2. The minimum Gasteiger partial charge on any atom is -0.274 e. The second-order valence-corrected chi connectivity index (χ2v) is 8.82. The van der Waals surface area contributed by atoms with Gasteiger partial charge in [0.15, 0.2) is 9.84 Å². The summed E-state index contributed by atoms with van der Waals surface area (Å²) in [5, 5.41) is 0. The van der Waals surface area contributed by atoms with Gasteiger partial charge in [-0.3, -0.25) is 4.79 Å². The standard InChI is InChI=1S/C7H10ClNO5S2/c8-16(13,14)9-6(10)5-7(9)1-3-15(11,12)4-2-7/h1-5H2. The van der Waals surface area contributed by atoms with Gasteiger partial charge in [0.05, 0.1) is 23.5 Å². The molecule has 1 spiro atoms. The van der Waals surface area contributed by atoms with Gasteiger partial charge in [-0.2, -0.15) is 8.42 Å². The Morgan fingerprint density at radius 3 is 2.12 bits per heavy atom. The molecular weight excluding hydrogens is 278 g/mol. The molecule has 0 aromatic carbocycles. The van der Waals surface area contributed by atoms with E-state index in [9.17, 15) is 21.6 Å². The molecule has 1 amide bonds. The third kappa shape index (κ3) is 1.82. The monoisotopic (exact) mass is 287 g/mol. The van der Waals surface area contributed by atoms with Gasteiger partial charge < -0.3 is 0 Å². The highest BCUT2D eigenvalue weighted by Crippen LogP contribution is 2.44. The predicted octanol–water partition coefficient (Wildman–Crippen LogP) is -0.350. The van der Waals surface area contributed by atoms with Gasteiger partial charge in [-0.1, -0.05) is 0 Å². The molecule has 16 heavy (non-hydrogen) atoms. The molecule has 0 aromatic heterocycles. The van der Waals surface area contributed by atoms with E-state index < -0.39 is 30.5 Å². The third-order valence-corrected chi connectivity index (χ3v) is 6.21. The van der Waals surface area contributed by atoms with E-state index in [2.05, 4.69) is 0 Å². The van der Waals surface area contributed by atoms with Crippen LogP contribution in [0.2, 0.25) is 0 Å². The lowest BCUT2D eigenvalue weighted by molar-refractivity contribution is -0.145. The van der Waals surface area contributed by atoms with Crippen molar-refractivity contribution < 1.29 is 21.6 Å². The van der Waals surface area contributed by atoms with Crippen LogP contribution in [0.25, 0.3) is 0 Å². The molecule has 0 unspecified atom stereocenters. The maximum Gasteiger partial charge on any atom is 0.324 e. The first kappa shape index (κ1) is 12.1. The molecule has 0 bridgehead atoms. The average Bonchev–Trinajstić information content (AvgIpc) is 2.05. The van der Waals surface area contributed by atoms with Crippen molar-refractivity contribution in [1.29, 1.82) is 0 Å². The normalized spacial score (nSPS) is 27.8. The minimum atomic E-state index is -4.10. The van der Waals surface area contributed by atoms with E-state index in [0.717, 1.165) is 0 Å². The molecule has 0 aliphatic carbocycles. The first-order valence-electron chi connectivity index (χ1n) is 4.65. The fraction of sp³-hybridized carbons (Fsp3) is 0.857. The van der Waals surface area contributed by atoms with Crippen LogP contribution in [0.1, 0.15) is 19.3 Å². The van der Waals surface area contributed by atoms with E-state index >= 15 is 0 Å². The number of amides is 1. The van der Waals surface area contributed by atoms with Crippen LogP contribution in [0, 0.1) is 0 Å². The van der Waals surface area contributed by atoms with Crippen LogP contribution in [0.15, 0.2) is 0 Å². The number of halogens is 1. The molecule has 0 radical (unpaired) electrons. The first-order chi connectivity index (χ1) is 7.16. The predicted molar refractivity (Wildman–Crippen MR) is 56.9 cm³/mol. The number of nitrogens with zero attached hydrogens (tertiary/aromatic N) is 1. The Bertz CT molecular complexity index is 523. The van der Waals surface area contributed by atoms with Gasteiger partial charge >= 0.3 is 9.24 Å². The number of rotatable bonds is 1. The molecule has 92 valence electrons. The highest BCUT2D eigenvalue weighted by atomic mass is 35.7. The summed E-state index contributed by atoms with van der Waals surface area (Å²) in [5.74, 6) is -0.749. The van der Waals surface area contributed by atoms with Gasteiger partial charge in [0.1, 0.15) is 0 Å². The number of carbonyl (C=O) groups is 1. The van der Waals surface area contributed by atoms with Crippen molar-refractivity contribution in [2.75, 3.05) is 11.5 Å². The third-order valence-electron chi connectivity index (χ3n) is 3.11. The zero-order chi connectivity index (χ0) is 12.2. The smallest absolute Gasteiger partial charge is 0.274 e. The van der Waals surface area contributed by atoms with Crippen LogP contribution >= 0.6 is 10.7 Å². The van der Waals surface area contributed by atoms with Gasteiger partial charge in [-0.15, -0.1) is 0 Å². The van der Waals surface area contributed by atoms with E-state index in [4.69, 9.17) is 10.7 Å². The summed E-state index contributed by atoms with van der Waals surface area (Å²) in [6, 6.07) is 0. The number of hydrogen-bond acceptors (Lipinski definition) is 5. The fourth-order valence-electron chi connectivity index (χ4n) is 2.25. The largest absolute Gasteiger partial charge is 0.324 e. The van der Waals surface area contributed by atoms with E-state index in [-0.39, 0.29) is 30.8 Å². The van der Waals surface area contributed by atoms with Crippen molar-refractivity contribution in [2.45, 2.75) is 24.8 Å². The van der Waals surface area contributed by atoms with Crippen molar-refractivity contribution in [1.82, 2.24) is 4.31 Å². The molecule has 0 N–H and O–H groups in total. The van der Waals surface area contributed by atoms with Crippen molar-refractivity contribution in [3.8, 4) is 0 Å². The Hall–Kier alpha value is -0.340. The molecule has 2 aliphatic rings. The highest BCUT2D eigenvalue weighted by Gasteiger charge is 2.58. The Morgan fingerprint density at radius 2 is 1.75 bits per heavy atom. The average molecular weight is 288 g/mol. The van der Waals surface area contributed by atoms with E-state index in [0.29, 0.717) is 4.31 Å². The van der Waals surface area contributed by atoms with E-state index in [1.165, 1.54) is 0 Å². The second-order valence-electron chi connectivity index (χ2n) is 4.15. The van der Waals surface area contributed by atoms with Gasteiger partial charge in [0.25, 0.3) is 0 Å². The molecule has 2 saturated heterocycles. The van der Waals surface area contributed by atoms with Crippen LogP contribution in [0.3, 0.4) is 0 Å². The second kappa shape index (κ2) is 3.33. The molecule has 2 fully saturated rings. The lowest BCUT2D eigenvalue weighted by Crippen LogP contribution is -2.66. The van der Waals surface area contributed by atoms with Crippen LogP contribution in [0.4, 0.5) is 0 Å². The fourth-order valence-corrected chi connectivity index (χ4v) is 5.52. The zero-order valence-corrected chi connectivity index (χ0v) is 10.6. The molecule has 0 saturated carbocycles. The topological polar surface area (TPSA) is 88.6 Å². The molecule has 9 heteroatoms. The van der Waals surface area contributed by atoms with Crippen LogP contribution in [-0.2, 0) is 23.9 Å². The van der Waals surface area contributed by atoms with Gasteiger partial charge in [0.2, 0.25) is 5.91 Å². The summed E-state index contributed by atoms with van der Waals surface area (Å²) in [4.78, 5) is 11.2. The lowest BCUT2D eigenvalue weighted by atomic mass is 9.81. The lowest BCUT2D eigenvalue weighted by Gasteiger charge is -2.51. The van der Waals surface area contributed by atoms with Crippen molar-refractivity contribution in [3.63, 3.8) is 0 Å². The Kier molecular flexibility index (Phi) is 2.52. The van der Waals surface area contributed by atoms with Crippen molar-refractivity contribution in [3.05, 3.63) is 0 Å². The molecular formula is C7H10ClNO5S2. The van der Waals surface area contributed by atoms with E-state index in [1.807, 2.05) is 0 Å². The maximum absolute atomic E-state index is 11.2. The van der Waals surface area contributed by atoms with Crippen LogP contribution in [0.5, 0.6) is 0 Å². The van der Waals surface area contributed by atoms with Crippen LogP contribution in [-0.4, -0.2) is 44.1 Å². The quantitative estimate of drug-likeness (QED) is 0.486.